The molecular formula is C20H27ClN2O2. The number of β-amino-alcohol motifs (C(OH)–C–C–N with tert-alkyl or cyclic N) is 1. The van der Waals surface area contributed by atoms with Crippen LogP contribution in [0.15, 0.2) is 18.2 Å². The fraction of sp³-hybridized carbons (Fsp3) is 0.600. The highest BCUT2D eigenvalue weighted by Gasteiger charge is 2.24. The summed E-state index contributed by atoms with van der Waals surface area (Å²) in [5, 5.41) is 22.4. The number of aryl methyl sites for hydroxylation is 1. The Labute approximate surface area is 154 Å². The van der Waals surface area contributed by atoms with Crippen LogP contribution < -0.4 is 0 Å². The number of rotatable bonds is 4. The van der Waals surface area contributed by atoms with Gasteiger partial charge in [-0.15, -0.1) is 0 Å². The largest absolute Gasteiger partial charge is 0.393 e. The summed E-state index contributed by atoms with van der Waals surface area (Å²) in [5.41, 5.74) is 3.88. The molecule has 0 unspecified atom stereocenters. The molecule has 5 heteroatoms. The maximum atomic E-state index is 10.7. The third-order valence-corrected chi connectivity index (χ3v) is 6.07. The maximum absolute atomic E-state index is 10.7. The number of aliphatic hydroxyl groups is 2. The Morgan fingerprint density at radius 3 is 2.68 bits per heavy atom. The van der Waals surface area contributed by atoms with Gasteiger partial charge < -0.3 is 19.7 Å². The van der Waals surface area contributed by atoms with Gasteiger partial charge in [-0.05, 0) is 50.2 Å². The molecule has 1 aromatic heterocycles. The second-order valence-electron chi connectivity index (χ2n) is 7.56. The number of halogens is 1. The first-order chi connectivity index (χ1) is 12.1. The van der Waals surface area contributed by atoms with Gasteiger partial charge in [0.2, 0.25) is 0 Å². The van der Waals surface area contributed by atoms with Crippen LogP contribution in [0.4, 0.5) is 0 Å². The Morgan fingerprint density at radius 2 is 1.88 bits per heavy atom. The van der Waals surface area contributed by atoms with Crippen molar-refractivity contribution in [3.63, 3.8) is 0 Å². The molecule has 136 valence electrons. The van der Waals surface area contributed by atoms with E-state index in [1.54, 1.807) is 0 Å². The van der Waals surface area contributed by atoms with Crippen LogP contribution in [0.2, 0.25) is 5.02 Å². The topological polar surface area (TPSA) is 48.6 Å². The number of para-hydroxylation sites is 1. The summed E-state index contributed by atoms with van der Waals surface area (Å²) in [4.78, 5) is 2.26. The van der Waals surface area contributed by atoms with Gasteiger partial charge in [-0.3, -0.25) is 0 Å². The van der Waals surface area contributed by atoms with Crippen molar-refractivity contribution in [2.24, 2.45) is 0 Å². The summed E-state index contributed by atoms with van der Waals surface area (Å²) in [6.07, 6.45) is 5.64. The van der Waals surface area contributed by atoms with E-state index in [1.165, 1.54) is 29.5 Å². The molecule has 1 aliphatic carbocycles. The van der Waals surface area contributed by atoms with E-state index in [0.717, 1.165) is 49.3 Å². The van der Waals surface area contributed by atoms with Crippen molar-refractivity contribution < 1.29 is 10.2 Å². The first-order valence-electron chi connectivity index (χ1n) is 9.50. The molecule has 1 fully saturated rings. The Kier molecular flexibility index (Phi) is 5.05. The fourth-order valence-electron chi connectivity index (χ4n) is 4.52. The predicted molar refractivity (Wildman–Crippen MR) is 101 cm³/mol. The van der Waals surface area contributed by atoms with Crippen LogP contribution in [0.1, 0.15) is 36.9 Å². The molecule has 0 amide bonds. The molecule has 25 heavy (non-hydrogen) atoms. The van der Waals surface area contributed by atoms with Crippen molar-refractivity contribution in [3.05, 3.63) is 34.5 Å². The van der Waals surface area contributed by atoms with Gasteiger partial charge in [0.15, 0.2) is 0 Å². The monoisotopic (exact) mass is 362 g/mol. The molecule has 1 saturated heterocycles. The zero-order valence-electron chi connectivity index (χ0n) is 14.6. The quantitative estimate of drug-likeness (QED) is 0.879. The third kappa shape index (κ3) is 3.45. The van der Waals surface area contributed by atoms with Crippen molar-refractivity contribution in [2.45, 2.75) is 57.3 Å². The van der Waals surface area contributed by atoms with Gasteiger partial charge in [0, 0.05) is 30.7 Å². The summed E-state index contributed by atoms with van der Waals surface area (Å²) >= 11 is 6.53. The summed E-state index contributed by atoms with van der Waals surface area (Å²) in [6, 6.07) is 6.14. The van der Waals surface area contributed by atoms with E-state index in [-0.39, 0.29) is 6.10 Å². The lowest BCUT2D eigenvalue weighted by Gasteiger charge is -2.31. The summed E-state index contributed by atoms with van der Waals surface area (Å²) in [5.74, 6) is 0. The number of aromatic nitrogens is 1. The van der Waals surface area contributed by atoms with E-state index in [2.05, 4.69) is 15.5 Å². The van der Waals surface area contributed by atoms with Crippen molar-refractivity contribution in [1.82, 2.24) is 9.47 Å². The lowest BCUT2D eigenvalue weighted by Crippen LogP contribution is -2.41. The molecule has 0 saturated carbocycles. The van der Waals surface area contributed by atoms with E-state index in [0.29, 0.717) is 13.1 Å². The lowest BCUT2D eigenvalue weighted by molar-refractivity contribution is 0.0460. The number of nitrogens with zero attached hydrogens (tertiary/aromatic N) is 2. The molecule has 1 aromatic carbocycles. The van der Waals surface area contributed by atoms with Crippen molar-refractivity contribution in [3.8, 4) is 0 Å². The predicted octanol–water partition coefficient (Wildman–Crippen LogP) is 2.99. The van der Waals surface area contributed by atoms with Crippen molar-refractivity contribution in [1.29, 1.82) is 0 Å². The van der Waals surface area contributed by atoms with Crippen LogP contribution in [0.5, 0.6) is 0 Å². The third-order valence-electron chi connectivity index (χ3n) is 5.77. The number of piperidine rings is 1. The molecule has 0 bridgehead atoms. The average Bonchev–Trinajstić information content (AvgIpc) is 2.93. The second-order valence-corrected chi connectivity index (χ2v) is 7.97. The normalized spacial score (nSPS) is 20.8. The van der Waals surface area contributed by atoms with Crippen molar-refractivity contribution >= 4 is 22.5 Å². The first-order valence-corrected chi connectivity index (χ1v) is 9.88. The minimum absolute atomic E-state index is 0.174. The molecule has 0 radical (unpaired) electrons. The summed E-state index contributed by atoms with van der Waals surface area (Å²) < 4.78 is 2.27. The fourth-order valence-corrected chi connectivity index (χ4v) is 4.79. The molecule has 2 aliphatic rings. The van der Waals surface area contributed by atoms with Crippen molar-refractivity contribution in [2.75, 3.05) is 19.6 Å². The van der Waals surface area contributed by atoms with Gasteiger partial charge in [-0.1, -0.05) is 23.7 Å². The lowest BCUT2D eigenvalue weighted by atomic mass is 9.95. The van der Waals surface area contributed by atoms with Crippen LogP contribution >= 0.6 is 11.6 Å². The van der Waals surface area contributed by atoms with Gasteiger partial charge in [0.05, 0.1) is 29.3 Å². The van der Waals surface area contributed by atoms with E-state index in [9.17, 15) is 10.2 Å². The van der Waals surface area contributed by atoms with E-state index in [4.69, 9.17) is 11.6 Å². The van der Waals surface area contributed by atoms with Crippen LogP contribution in [0.25, 0.3) is 10.9 Å². The molecular weight excluding hydrogens is 336 g/mol. The summed E-state index contributed by atoms with van der Waals surface area (Å²) in [7, 11) is 0. The Hall–Kier alpha value is -1.07. The molecule has 4 rings (SSSR count). The zero-order chi connectivity index (χ0) is 17.4. The van der Waals surface area contributed by atoms with Gasteiger partial charge >= 0.3 is 0 Å². The van der Waals surface area contributed by atoms with E-state index < -0.39 is 6.10 Å². The van der Waals surface area contributed by atoms with Crippen LogP contribution in [0, 0.1) is 0 Å². The molecule has 2 N–H and O–H groups in total. The van der Waals surface area contributed by atoms with Gasteiger partial charge in [0.1, 0.15) is 0 Å². The highest BCUT2D eigenvalue weighted by molar-refractivity contribution is 6.35. The van der Waals surface area contributed by atoms with Crippen LogP contribution in [-0.4, -0.2) is 51.5 Å². The first kappa shape index (κ1) is 17.3. The van der Waals surface area contributed by atoms with E-state index in [1.807, 2.05) is 12.1 Å². The maximum Gasteiger partial charge on any atom is 0.0845 e. The number of likely N-dealkylation sites (tertiary alicyclic amines) is 1. The SMILES string of the molecule is OC1CCN(C[C@@H](O)Cn2c3c(c4cccc(Cl)c42)CCCC3)CC1. The molecule has 2 heterocycles. The van der Waals surface area contributed by atoms with Gasteiger partial charge in [-0.2, -0.15) is 0 Å². The smallest absolute Gasteiger partial charge is 0.0845 e. The second kappa shape index (κ2) is 7.28. The number of hydrogen-bond donors (Lipinski definition) is 2. The van der Waals surface area contributed by atoms with Gasteiger partial charge in [-0.25, -0.2) is 0 Å². The molecule has 4 nitrogen and oxygen atoms in total. The summed E-state index contributed by atoms with van der Waals surface area (Å²) in [6.45, 7) is 2.98. The molecule has 0 spiro atoms. The average molecular weight is 363 g/mol. The Balaban J connectivity index is 1.58. The standard InChI is InChI=1S/C20H27ClN2O2/c21-18-6-3-5-17-16-4-1-2-7-19(16)23(20(17)18)13-15(25)12-22-10-8-14(24)9-11-22/h3,5-6,14-15,24-25H,1-2,4,7-13H2/t15-/m1/s1. The number of aliphatic hydroxyl groups excluding tert-OH is 2. The zero-order valence-corrected chi connectivity index (χ0v) is 15.4. The molecule has 1 atom stereocenters. The van der Waals surface area contributed by atoms with E-state index >= 15 is 0 Å². The van der Waals surface area contributed by atoms with Gasteiger partial charge in [0.25, 0.3) is 0 Å². The minimum Gasteiger partial charge on any atom is -0.393 e. The number of benzene rings is 1. The Morgan fingerprint density at radius 1 is 1.12 bits per heavy atom. The number of fused-ring (bicyclic) bond motifs is 3. The number of hydrogen-bond acceptors (Lipinski definition) is 3. The van der Waals surface area contributed by atoms with Crippen LogP contribution in [0.3, 0.4) is 0 Å². The molecule has 1 aliphatic heterocycles. The minimum atomic E-state index is -0.423. The highest BCUT2D eigenvalue weighted by Crippen LogP contribution is 2.35. The highest BCUT2D eigenvalue weighted by atomic mass is 35.5. The molecule has 2 aromatic rings. The van der Waals surface area contributed by atoms with Crippen LogP contribution in [-0.2, 0) is 19.4 Å². The Bertz CT molecular complexity index is 750.